The normalized spacial score (nSPS) is 10.7. The summed E-state index contributed by atoms with van der Waals surface area (Å²) in [6.45, 7) is 2.14. The highest BCUT2D eigenvalue weighted by atomic mass is 35.5. The Labute approximate surface area is 172 Å². The zero-order valence-electron chi connectivity index (χ0n) is 15.8. The number of hydrogen-bond donors (Lipinski definition) is 0. The van der Waals surface area contributed by atoms with Crippen LogP contribution in [0, 0.1) is 6.92 Å². The second-order valence-corrected chi connectivity index (χ2v) is 7.66. The first-order chi connectivity index (χ1) is 13.4. The van der Waals surface area contributed by atoms with E-state index in [1.165, 1.54) is 15.6 Å². The van der Waals surface area contributed by atoms with Gasteiger partial charge in [0.05, 0.1) is 10.7 Å². The molecule has 0 fully saturated rings. The number of amides is 1. The molecule has 1 heterocycles. The summed E-state index contributed by atoms with van der Waals surface area (Å²) in [5.41, 5.74) is 1.66. The average Bonchev–Trinajstić information content (AvgIpc) is 2.69. The van der Waals surface area contributed by atoms with Gasteiger partial charge >= 0.3 is 0 Å². The van der Waals surface area contributed by atoms with Gasteiger partial charge in [-0.2, -0.15) is 5.10 Å². The number of rotatable bonds is 5. The molecule has 0 aliphatic heterocycles. The van der Waals surface area contributed by atoms with E-state index in [4.69, 9.17) is 11.6 Å². The third-order valence-electron chi connectivity index (χ3n) is 4.32. The van der Waals surface area contributed by atoms with Crippen LogP contribution in [0.5, 0.6) is 0 Å². The summed E-state index contributed by atoms with van der Waals surface area (Å²) < 4.78 is 1.53. The van der Waals surface area contributed by atoms with Gasteiger partial charge < -0.3 is 4.90 Å². The van der Waals surface area contributed by atoms with Crippen molar-refractivity contribution in [2.24, 2.45) is 0 Å². The van der Waals surface area contributed by atoms with Crippen molar-refractivity contribution in [1.82, 2.24) is 14.7 Å². The first kappa shape index (κ1) is 20.2. The zero-order chi connectivity index (χ0) is 20.3. The minimum atomic E-state index is -0.431. The largest absolute Gasteiger partial charge is 0.336 e. The lowest BCUT2D eigenvalue weighted by molar-refractivity contribution is 0.0776. The number of para-hydroxylation sites is 1. The van der Waals surface area contributed by atoms with Crippen molar-refractivity contribution in [2.45, 2.75) is 18.4 Å². The molecule has 0 saturated carbocycles. The van der Waals surface area contributed by atoms with Gasteiger partial charge in [0, 0.05) is 30.2 Å². The van der Waals surface area contributed by atoms with E-state index in [-0.39, 0.29) is 5.69 Å². The van der Waals surface area contributed by atoms with Crippen molar-refractivity contribution in [2.75, 3.05) is 13.3 Å². The highest BCUT2D eigenvalue weighted by molar-refractivity contribution is 7.98. The maximum Gasteiger partial charge on any atom is 0.278 e. The third-order valence-corrected chi connectivity index (χ3v) is 5.38. The average molecular weight is 414 g/mol. The SMILES string of the molecule is CSc1ccc(CN(C)C(=O)c2nn(-c3ccccc3Cl)c(C)cc2=O)cc1. The Morgan fingerprint density at radius 1 is 1.18 bits per heavy atom. The first-order valence-electron chi connectivity index (χ1n) is 8.65. The smallest absolute Gasteiger partial charge is 0.278 e. The molecule has 3 aromatic rings. The Morgan fingerprint density at radius 2 is 1.86 bits per heavy atom. The number of thioether (sulfide) groups is 1. The second kappa shape index (κ2) is 8.63. The standard InChI is InChI=1S/C21H20ClN3O2S/c1-14-12-19(26)20(23-25(14)18-7-5-4-6-17(18)22)21(27)24(2)13-15-8-10-16(28-3)11-9-15/h4-12H,13H2,1-3H3. The van der Waals surface area contributed by atoms with Crippen LogP contribution < -0.4 is 5.43 Å². The Hall–Kier alpha value is -2.57. The molecule has 0 bridgehead atoms. The Kier molecular flexibility index (Phi) is 6.21. The predicted molar refractivity (Wildman–Crippen MR) is 114 cm³/mol. The highest BCUT2D eigenvalue weighted by Crippen LogP contribution is 2.20. The maximum atomic E-state index is 12.9. The topological polar surface area (TPSA) is 55.2 Å². The number of carbonyl (C=O) groups is 1. The molecular formula is C21H20ClN3O2S. The second-order valence-electron chi connectivity index (χ2n) is 6.37. The number of hydrogen-bond acceptors (Lipinski definition) is 4. The third kappa shape index (κ3) is 4.29. The van der Waals surface area contributed by atoms with Crippen LogP contribution in [0.1, 0.15) is 21.7 Å². The van der Waals surface area contributed by atoms with Crippen molar-refractivity contribution < 1.29 is 4.79 Å². The van der Waals surface area contributed by atoms with Crippen LogP contribution in [-0.4, -0.2) is 33.9 Å². The summed E-state index contributed by atoms with van der Waals surface area (Å²) in [5, 5.41) is 4.81. The molecule has 2 aromatic carbocycles. The van der Waals surface area contributed by atoms with Crippen LogP contribution in [0.3, 0.4) is 0 Å². The van der Waals surface area contributed by atoms with E-state index in [1.54, 1.807) is 37.9 Å². The molecule has 0 aliphatic rings. The lowest BCUT2D eigenvalue weighted by Gasteiger charge is -2.18. The molecule has 28 heavy (non-hydrogen) atoms. The van der Waals surface area contributed by atoms with Crippen LogP contribution in [0.25, 0.3) is 5.69 Å². The fraction of sp³-hybridized carbons (Fsp3) is 0.190. The molecule has 3 rings (SSSR count). The summed E-state index contributed by atoms with van der Waals surface area (Å²) in [7, 11) is 1.66. The molecule has 0 spiro atoms. The molecule has 1 amide bonds. The minimum Gasteiger partial charge on any atom is -0.336 e. The predicted octanol–water partition coefficient (Wildman–Crippen LogP) is 4.19. The first-order valence-corrected chi connectivity index (χ1v) is 10.2. The molecule has 144 valence electrons. The van der Waals surface area contributed by atoms with Gasteiger partial charge in [0.25, 0.3) is 5.91 Å². The molecule has 5 nitrogen and oxygen atoms in total. The molecule has 7 heteroatoms. The quantitative estimate of drug-likeness (QED) is 0.588. The molecule has 0 N–H and O–H groups in total. The monoisotopic (exact) mass is 413 g/mol. The van der Waals surface area contributed by atoms with Gasteiger partial charge in [-0.25, -0.2) is 4.68 Å². The lowest BCUT2D eigenvalue weighted by atomic mass is 10.2. The number of aryl methyl sites for hydroxylation is 1. The van der Waals surface area contributed by atoms with E-state index in [1.807, 2.05) is 42.7 Å². The minimum absolute atomic E-state index is 0.131. The summed E-state index contributed by atoms with van der Waals surface area (Å²) in [4.78, 5) is 28.0. The Bertz CT molecular complexity index is 1060. The fourth-order valence-corrected chi connectivity index (χ4v) is 3.44. The summed E-state index contributed by atoms with van der Waals surface area (Å²) in [6, 6.07) is 16.5. The van der Waals surface area contributed by atoms with Crippen molar-refractivity contribution in [3.8, 4) is 5.69 Å². The van der Waals surface area contributed by atoms with E-state index in [9.17, 15) is 9.59 Å². The van der Waals surface area contributed by atoms with Crippen LogP contribution >= 0.6 is 23.4 Å². The Balaban J connectivity index is 1.91. The van der Waals surface area contributed by atoms with Crippen LogP contribution in [0.4, 0.5) is 0 Å². The van der Waals surface area contributed by atoms with Gasteiger partial charge in [-0.1, -0.05) is 35.9 Å². The van der Waals surface area contributed by atoms with E-state index < -0.39 is 11.3 Å². The molecule has 0 aliphatic carbocycles. The number of nitrogens with zero attached hydrogens (tertiary/aromatic N) is 3. The van der Waals surface area contributed by atoms with Gasteiger partial charge in [-0.3, -0.25) is 9.59 Å². The summed E-state index contributed by atoms with van der Waals surface area (Å²) in [5.74, 6) is -0.431. The maximum absolute atomic E-state index is 12.9. The van der Waals surface area contributed by atoms with Crippen LogP contribution in [0.2, 0.25) is 5.02 Å². The van der Waals surface area contributed by atoms with E-state index in [0.717, 1.165) is 10.5 Å². The van der Waals surface area contributed by atoms with Gasteiger partial charge in [-0.05, 0) is 43.0 Å². The van der Waals surface area contributed by atoms with Gasteiger partial charge in [0.2, 0.25) is 5.43 Å². The van der Waals surface area contributed by atoms with E-state index in [0.29, 0.717) is 22.9 Å². The van der Waals surface area contributed by atoms with Gasteiger partial charge in [-0.15, -0.1) is 11.8 Å². The number of benzene rings is 2. The molecule has 0 saturated heterocycles. The molecule has 0 radical (unpaired) electrons. The zero-order valence-corrected chi connectivity index (χ0v) is 17.4. The molecular weight excluding hydrogens is 394 g/mol. The Morgan fingerprint density at radius 3 is 2.50 bits per heavy atom. The summed E-state index contributed by atoms with van der Waals surface area (Å²) >= 11 is 7.92. The highest BCUT2D eigenvalue weighted by Gasteiger charge is 2.20. The molecule has 0 atom stereocenters. The number of carbonyl (C=O) groups excluding carboxylic acids is 1. The summed E-state index contributed by atoms with van der Waals surface area (Å²) in [6.07, 6.45) is 2.01. The number of aromatic nitrogens is 2. The van der Waals surface area contributed by atoms with E-state index in [2.05, 4.69) is 5.10 Å². The van der Waals surface area contributed by atoms with Gasteiger partial charge in [0.15, 0.2) is 5.69 Å². The van der Waals surface area contributed by atoms with Gasteiger partial charge in [0.1, 0.15) is 0 Å². The molecule has 0 unspecified atom stereocenters. The van der Waals surface area contributed by atoms with Crippen molar-refractivity contribution in [3.63, 3.8) is 0 Å². The lowest BCUT2D eigenvalue weighted by Crippen LogP contribution is -2.33. The van der Waals surface area contributed by atoms with Crippen molar-refractivity contribution in [1.29, 1.82) is 0 Å². The van der Waals surface area contributed by atoms with Crippen LogP contribution in [-0.2, 0) is 6.54 Å². The van der Waals surface area contributed by atoms with Crippen LogP contribution in [0.15, 0.2) is 64.3 Å². The van der Waals surface area contributed by atoms with Crippen molar-refractivity contribution >= 4 is 29.3 Å². The van der Waals surface area contributed by atoms with E-state index >= 15 is 0 Å². The number of halogens is 1. The molecule has 1 aromatic heterocycles. The van der Waals surface area contributed by atoms with Crippen molar-refractivity contribution in [3.05, 3.63) is 86.8 Å². The fourth-order valence-electron chi connectivity index (χ4n) is 2.82.